The van der Waals surface area contributed by atoms with E-state index in [0.717, 1.165) is 16.9 Å². The molecule has 5 nitrogen and oxygen atoms in total. The predicted molar refractivity (Wildman–Crippen MR) is 112 cm³/mol. The SMILES string of the molecule is CC(Oc1cccc(Cl)c1Cl)C(=O)NCc1cccc(COCc2ccco2)c1. The van der Waals surface area contributed by atoms with E-state index in [1.165, 1.54) is 0 Å². The molecular formula is C22H21Cl2NO4. The summed E-state index contributed by atoms with van der Waals surface area (Å²) in [6.45, 7) is 2.90. The molecule has 1 heterocycles. The highest BCUT2D eigenvalue weighted by Crippen LogP contribution is 2.32. The molecule has 7 heteroatoms. The topological polar surface area (TPSA) is 60.7 Å². The lowest BCUT2D eigenvalue weighted by Gasteiger charge is -2.16. The highest BCUT2D eigenvalue weighted by molar-refractivity contribution is 6.42. The Kier molecular flexibility index (Phi) is 7.58. The molecule has 1 unspecified atom stereocenters. The monoisotopic (exact) mass is 433 g/mol. The Balaban J connectivity index is 1.48. The molecular weight excluding hydrogens is 413 g/mol. The van der Waals surface area contributed by atoms with Crippen LogP contribution in [0.1, 0.15) is 23.8 Å². The molecule has 1 atom stereocenters. The zero-order chi connectivity index (χ0) is 20.6. The first kappa shape index (κ1) is 21.2. The van der Waals surface area contributed by atoms with Gasteiger partial charge in [0.25, 0.3) is 5.91 Å². The Bertz CT molecular complexity index is 944. The Labute approximate surface area is 179 Å². The van der Waals surface area contributed by atoms with E-state index in [1.54, 1.807) is 31.4 Å². The van der Waals surface area contributed by atoms with Crippen molar-refractivity contribution in [3.63, 3.8) is 0 Å². The quantitative estimate of drug-likeness (QED) is 0.491. The molecule has 3 aromatic rings. The maximum atomic E-state index is 12.4. The smallest absolute Gasteiger partial charge is 0.261 e. The van der Waals surface area contributed by atoms with Gasteiger partial charge in [0.05, 0.1) is 17.9 Å². The van der Waals surface area contributed by atoms with E-state index in [1.807, 2.05) is 36.4 Å². The number of hydrogen-bond acceptors (Lipinski definition) is 4. The van der Waals surface area contributed by atoms with Gasteiger partial charge in [-0.05, 0) is 42.3 Å². The molecule has 1 aromatic heterocycles. The molecule has 1 amide bonds. The second-order valence-corrected chi connectivity index (χ2v) is 7.21. The maximum Gasteiger partial charge on any atom is 0.261 e. The van der Waals surface area contributed by atoms with E-state index >= 15 is 0 Å². The number of ether oxygens (including phenoxy) is 2. The molecule has 1 N–H and O–H groups in total. The molecule has 0 bridgehead atoms. The average Bonchev–Trinajstić information content (AvgIpc) is 3.23. The lowest BCUT2D eigenvalue weighted by Crippen LogP contribution is -2.36. The molecule has 0 spiro atoms. The first-order valence-corrected chi connectivity index (χ1v) is 9.85. The molecule has 0 aliphatic heterocycles. The van der Waals surface area contributed by atoms with Crippen LogP contribution in [0, 0.1) is 0 Å². The van der Waals surface area contributed by atoms with Crippen molar-refractivity contribution in [3.8, 4) is 5.75 Å². The molecule has 0 aliphatic rings. The standard InChI is InChI=1S/C22H21Cl2NO4/c1-15(29-20-9-3-8-19(23)21(20)24)22(26)25-12-16-5-2-6-17(11-16)13-27-14-18-7-4-10-28-18/h2-11,15H,12-14H2,1H3,(H,25,26). The van der Waals surface area contributed by atoms with E-state index in [0.29, 0.717) is 30.5 Å². The van der Waals surface area contributed by atoms with Gasteiger partial charge in [0, 0.05) is 6.54 Å². The predicted octanol–water partition coefficient (Wildman–Crippen LogP) is 5.39. The van der Waals surface area contributed by atoms with Crippen molar-refractivity contribution in [2.24, 2.45) is 0 Å². The molecule has 0 aliphatic carbocycles. The van der Waals surface area contributed by atoms with Crippen LogP contribution >= 0.6 is 23.2 Å². The molecule has 29 heavy (non-hydrogen) atoms. The van der Waals surface area contributed by atoms with E-state index in [4.69, 9.17) is 37.1 Å². The number of hydrogen-bond donors (Lipinski definition) is 1. The number of carbonyl (C=O) groups excluding carboxylic acids is 1. The molecule has 3 rings (SSSR count). The normalized spacial score (nSPS) is 11.8. The van der Waals surface area contributed by atoms with Crippen LogP contribution in [0.15, 0.2) is 65.3 Å². The third-order valence-electron chi connectivity index (χ3n) is 4.14. The Morgan fingerprint density at radius 1 is 1.07 bits per heavy atom. The third-order valence-corrected chi connectivity index (χ3v) is 4.94. The first-order valence-electron chi connectivity index (χ1n) is 9.09. The summed E-state index contributed by atoms with van der Waals surface area (Å²) in [4.78, 5) is 12.4. The summed E-state index contributed by atoms with van der Waals surface area (Å²) >= 11 is 12.1. The Morgan fingerprint density at radius 2 is 1.86 bits per heavy atom. The first-order chi connectivity index (χ1) is 14.0. The van der Waals surface area contributed by atoms with Crippen LogP contribution in [0.3, 0.4) is 0 Å². The Hall–Kier alpha value is -2.47. The summed E-state index contributed by atoms with van der Waals surface area (Å²) < 4.78 is 16.5. The number of rotatable bonds is 9. The van der Waals surface area contributed by atoms with Crippen LogP contribution in [-0.2, 0) is 29.3 Å². The zero-order valence-corrected chi connectivity index (χ0v) is 17.4. The van der Waals surface area contributed by atoms with Crippen LogP contribution in [0.4, 0.5) is 0 Å². The van der Waals surface area contributed by atoms with Gasteiger partial charge in [-0.2, -0.15) is 0 Å². The fraction of sp³-hybridized carbons (Fsp3) is 0.227. The van der Waals surface area contributed by atoms with Gasteiger partial charge in [-0.1, -0.05) is 53.5 Å². The largest absolute Gasteiger partial charge is 0.479 e. The summed E-state index contributed by atoms with van der Waals surface area (Å²) in [6, 6.07) is 16.6. The van der Waals surface area contributed by atoms with E-state index in [9.17, 15) is 4.79 Å². The van der Waals surface area contributed by atoms with Crippen molar-refractivity contribution in [1.82, 2.24) is 5.32 Å². The second kappa shape index (κ2) is 10.3. The van der Waals surface area contributed by atoms with Crippen molar-refractivity contribution < 1.29 is 18.7 Å². The number of amides is 1. The van der Waals surface area contributed by atoms with Crippen molar-refractivity contribution in [3.05, 3.63) is 87.8 Å². The van der Waals surface area contributed by atoms with Gasteiger partial charge in [-0.3, -0.25) is 4.79 Å². The minimum Gasteiger partial charge on any atom is -0.479 e. The fourth-order valence-corrected chi connectivity index (χ4v) is 2.98. The van der Waals surface area contributed by atoms with E-state index in [2.05, 4.69) is 5.32 Å². The summed E-state index contributed by atoms with van der Waals surface area (Å²) in [5, 5.41) is 3.53. The van der Waals surface area contributed by atoms with Gasteiger partial charge < -0.3 is 19.2 Å². The van der Waals surface area contributed by atoms with Crippen LogP contribution in [0.5, 0.6) is 5.75 Å². The highest BCUT2D eigenvalue weighted by Gasteiger charge is 2.16. The molecule has 0 saturated heterocycles. The third kappa shape index (κ3) is 6.26. The highest BCUT2D eigenvalue weighted by atomic mass is 35.5. The number of benzene rings is 2. The van der Waals surface area contributed by atoms with Gasteiger partial charge in [0.15, 0.2) is 6.10 Å². The number of nitrogens with one attached hydrogen (secondary N) is 1. The van der Waals surface area contributed by atoms with Crippen molar-refractivity contribution in [2.45, 2.75) is 32.8 Å². The minimum atomic E-state index is -0.717. The lowest BCUT2D eigenvalue weighted by molar-refractivity contribution is -0.127. The van der Waals surface area contributed by atoms with Gasteiger partial charge in [0.1, 0.15) is 23.1 Å². The second-order valence-electron chi connectivity index (χ2n) is 6.42. The van der Waals surface area contributed by atoms with Crippen molar-refractivity contribution in [2.75, 3.05) is 0 Å². The van der Waals surface area contributed by atoms with Crippen LogP contribution < -0.4 is 10.1 Å². The van der Waals surface area contributed by atoms with Gasteiger partial charge in [-0.15, -0.1) is 0 Å². The van der Waals surface area contributed by atoms with Crippen LogP contribution in [0.2, 0.25) is 10.0 Å². The summed E-state index contributed by atoms with van der Waals surface area (Å²) in [5.41, 5.74) is 1.98. The molecule has 2 aromatic carbocycles. The minimum absolute atomic E-state index is 0.250. The summed E-state index contributed by atoms with van der Waals surface area (Å²) in [7, 11) is 0. The van der Waals surface area contributed by atoms with Crippen molar-refractivity contribution in [1.29, 1.82) is 0 Å². The number of furan rings is 1. The average molecular weight is 434 g/mol. The van der Waals surface area contributed by atoms with Crippen LogP contribution in [-0.4, -0.2) is 12.0 Å². The lowest BCUT2D eigenvalue weighted by atomic mass is 10.1. The molecule has 0 saturated carbocycles. The van der Waals surface area contributed by atoms with Gasteiger partial charge in [-0.25, -0.2) is 0 Å². The number of halogens is 2. The molecule has 0 radical (unpaired) electrons. The molecule has 0 fully saturated rings. The number of carbonyl (C=O) groups is 1. The van der Waals surface area contributed by atoms with Crippen LogP contribution in [0.25, 0.3) is 0 Å². The summed E-state index contributed by atoms with van der Waals surface area (Å²) in [6.07, 6.45) is 0.901. The van der Waals surface area contributed by atoms with Gasteiger partial charge >= 0.3 is 0 Å². The van der Waals surface area contributed by atoms with E-state index in [-0.39, 0.29) is 10.9 Å². The van der Waals surface area contributed by atoms with E-state index < -0.39 is 6.10 Å². The fourth-order valence-electron chi connectivity index (χ4n) is 2.65. The zero-order valence-electron chi connectivity index (χ0n) is 15.9. The molecule has 152 valence electrons. The summed E-state index contributed by atoms with van der Waals surface area (Å²) in [5.74, 6) is 0.903. The van der Waals surface area contributed by atoms with Crippen molar-refractivity contribution >= 4 is 29.1 Å². The maximum absolute atomic E-state index is 12.4. The van der Waals surface area contributed by atoms with Gasteiger partial charge in [0.2, 0.25) is 0 Å². The Morgan fingerprint density at radius 3 is 2.66 bits per heavy atom.